The minimum absolute atomic E-state index is 0.398. The van der Waals surface area contributed by atoms with Crippen molar-refractivity contribution in [3.05, 3.63) is 29.3 Å². The standard InChI is InChI=1S/C14H24NO2PS2/c1-11(2)13-7-6-12(3)10-14(13)20-18(16,19)17-9-8-15(4)5/h6-7,10-11H,8-9H2,1-5H3,(H,16,19). The summed E-state index contributed by atoms with van der Waals surface area (Å²) in [6.07, 6.45) is 0. The maximum Gasteiger partial charge on any atom is 0.249 e. The van der Waals surface area contributed by atoms with E-state index in [-0.39, 0.29) is 0 Å². The zero-order valence-corrected chi connectivity index (χ0v) is 15.3. The molecule has 20 heavy (non-hydrogen) atoms. The molecule has 0 aromatic heterocycles. The molecule has 0 fully saturated rings. The molecule has 0 heterocycles. The Morgan fingerprint density at radius 3 is 2.60 bits per heavy atom. The molecule has 0 spiro atoms. The van der Waals surface area contributed by atoms with Gasteiger partial charge in [-0.2, -0.15) is 0 Å². The Morgan fingerprint density at radius 2 is 2.05 bits per heavy atom. The first-order valence-corrected chi connectivity index (χ1v) is 10.7. The van der Waals surface area contributed by atoms with Crippen molar-refractivity contribution in [1.82, 2.24) is 4.90 Å². The Balaban J connectivity index is 2.80. The predicted octanol–water partition coefficient (Wildman–Crippen LogP) is 4.01. The lowest BCUT2D eigenvalue weighted by molar-refractivity contribution is 0.265. The second-order valence-electron chi connectivity index (χ2n) is 5.39. The van der Waals surface area contributed by atoms with Crippen LogP contribution in [-0.2, 0) is 16.3 Å². The first-order valence-electron chi connectivity index (χ1n) is 6.63. The van der Waals surface area contributed by atoms with E-state index in [9.17, 15) is 4.89 Å². The van der Waals surface area contributed by atoms with Crippen molar-refractivity contribution in [3.8, 4) is 0 Å². The van der Waals surface area contributed by atoms with Gasteiger partial charge in [0.1, 0.15) is 0 Å². The maximum absolute atomic E-state index is 10.3. The van der Waals surface area contributed by atoms with Crippen molar-refractivity contribution in [2.24, 2.45) is 0 Å². The van der Waals surface area contributed by atoms with Gasteiger partial charge in [0.25, 0.3) is 0 Å². The van der Waals surface area contributed by atoms with Crippen LogP contribution in [0.1, 0.15) is 30.9 Å². The molecule has 0 aliphatic carbocycles. The molecule has 0 amide bonds. The van der Waals surface area contributed by atoms with E-state index in [0.29, 0.717) is 12.5 Å². The summed E-state index contributed by atoms with van der Waals surface area (Å²) in [5.74, 6) is 0.398. The molecule has 0 saturated heterocycles. The van der Waals surface area contributed by atoms with E-state index in [0.717, 1.165) is 11.4 Å². The summed E-state index contributed by atoms with van der Waals surface area (Å²) in [5.41, 5.74) is -0.459. The molecule has 0 radical (unpaired) electrons. The molecule has 1 rings (SSSR count). The highest BCUT2D eigenvalue weighted by Crippen LogP contribution is 2.60. The van der Waals surface area contributed by atoms with Gasteiger partial charge in [-0.25, -0.2) is 0 Å². The van der Waals surface area contributed by atoms with Gasteiger partial charge in [-0.1, -0.05) is 26.0 Å². The molecule has 0 aliphatic heterocycles. The molecule has 0 bridgehead atoms. The van der Waals surface area contributed by atoms with Gasteiger partial charge < -0.3 is 14.3 Å². The van der Waals surface area contributed by atoms with E-state index in [1.807, 2.05) is 25.9 Å². The van der Waals surface area contributed by atoms with Crippen LogP contribution < -0.4 is 0 Å². The number of benzene rings is 1. The van der Waals surface area contributed by atoms with Crippen molar-refractivity contribution in [1.29, 1.82) is 0 Å². The number of hydrogen-bond donors (Lipinski definition) is 1. The number of aryl methyl sites for hydroxylation is 1. The Kier molecular flexibility index (Phi) is 7.19. The first-order chi connectivity index (χ1) is 9.21. The van der Waals surface area contributed by atoms with Crippen LogP contribution in [0.2, 0.25) is 0 Å². The Bertz CT molecular complexity index is 492. The topological polar surface area (TPSA) is 32.7 Å². The molecule has 1 N–H and O–H groups in total. The zero-order valence-electron chi connectivity index (χ0n) is 12.8. The molecule has 3 nitrogen and oxygen atoms in total. The number of hydrogen-bond acceptors (Lipinski definition) is 4. The molecule has 0 aliphatic rings. The van der Waals surface area contributed by atoms with Crippen molar-refractivity contribution in [2.45, 2.75) is 31.6 Å². The van der Waals surface area contributed by atoms with Gasteiger partial charge in [0.2, 0.25) is 5.69 Å². The Hall–Kier alpha value is 0.1000. The number of likely N-dealkylation sites (N-methyl/N-ethyl adjacent to an activating group) is 1. The van der Waals surface area contributed by atoms with Crippen molar-refractivity contribution in [2.75, 3.05) is 27.2 Å². The smallest absolute Gasteiger partial charge is 0.249 e. The van der Waals surface area contributed by atoms with Crippen LogP contribution in [0.5, 0.6) is 0 Å². The second-order valence-corrected chi connectivity index (χ2v) is 11.4. The van der Waals surface area contributed by atoms with Gasteiger partial charge in [-0.05, 0) is 67.3 Å². The molecule has 1 unspecified atom stereocenters. The van der Waals surface area contributed by atoms with E-state index >= 15 is 0 Å². The SMILES string of the molecule is Cc1ccc(C(C)C)c(SP(O)(=S)OCCN(C)C)c1. The Labute approximate surface area is 131 Å². The van der Waals surface area contributed by atoms with E-state index in [1.165, 1.54) is 22.5 Å². The molecular formula is C14H24NO2PS2. The minimum atomic E-state index is -2.83. The van der Waals surface area contributed by atoms with Gasteiger partial charge >= 0.3 is 0 Å². The highest BCUT2D eigenvalue weighted by Gasteiger charge is 2.19. The fourth-order valence-corrected chi connectivity index (χ4v) is 5.50. The summed E-state index contributed by atoms with van der Waals surface area (Å²) in [6, 6.07) is 6.28. The Morgan fingerprint density at radius 1 is 1.40 bits per heavy atom. The van der Waals surface area contributed by atoms with Crippen molar-refractivity contribution < 1.29 is 9.42 Å². The second kappa shape index (κ2) is 7.92. The zero-order chi connectivity index (χ0) is 15.3. The molecule has 1 aromatic rings. The summed E-state index contributed by atoms with van der Waals surface area (Å²) in [7, 11) is 3.93. The highest BCUT2D eigenvalue weighted by molar-refractivity contribution is 8.67. The van der Waals surface area contributed by atoms with E-state index in [2.05, 4.69) is 32.0 Å². The monoisotopic (exact) mass is 333 g/mol. The summed E-state index contributed by atoms with van der Waals surface area (Å²) in [4.78, 5) is 13.4. The van der Waals surface area contributed by atoms with Crippen LogP contribution in [-0.4, -0.2) is 37.0 Å². The first kappa shape index (κ1) is 18.1. The van der Waals surface area contributed by atoms with Gasteiger partial charge in [0.15, 0.2) is 0 Å². The van der Waals surface area contributed by atoms with E-state index < -0.39 is 5.69 Å². The van der Waals surface area contributed by atoms with Gasteiger partial charge in [-0.15, -0.1) is 0 Å². The normalized spacial score (nSPS) is 14.8. The third kappa shape index (κ3) is 6.25. The summed E-state index contributed by atoms with van der Waals surface area (Å²) in [5, 5.41) is 0. The quantitative estimate of drug-likeness (QED) is 0.763. The summed E-state index contributed by atoms with van der Waals surface area (Å²) >= 11 is 6.56. The summed E-state index contributed by atoms with van der Waals surface area (Å²) in [6.45, 7) is 7.54. The van der Waals surface area contributed by atoms with Crippen LogP contribution in [0.15, 0.2) is 23.1 Å². The number of rotatable bonds is 7. The molecule has 1 atom stereocenters. The lowest BCUT2D eigenvalue weighted by Crippen LogP contribution is -2.17. The van der Waals surface area contributed by atoms with Crippen molar-refractivity contribution in [3.63, 3.8) is 0 Å². The fraction of sp³-hybridized carbons (Fsp3) is 0.571. The highest BCUT2D eigenvalue weighted by atomic mass is 32.9. The molecule has 6 heteroatoms. The minimum Gasteiger partial charge on any atom is -0.337 e. The van der Waals surface area contributed by atoms with Crippen LogP contribution in [0, 0.1) is 6.92 Å². The molecule has 1 aromatic carbocycles. The van der Waals surface area contributed by atoms with Gasteiger partial charge in [-0.3, -0.25) is 0 Å². The van der Waals surface area contributed by atoms with Crippen LogP contribution >= 0.6 is 17.1 Å². The van der Waals surface area contributed by atoms with Gasteiger partial charge in [0.05, 0.1) is 6.61 Å². The van der Waals surface area contributed by atoms with Crippen molar-refractivity contribution >= 4 is 28.9 Å². The van der Waals surface area contributed by atoms with Gasteiger partial charge in [0, 0.05) is 11.4 Å². The van der Waals surface area contributed by atoms with E-state index in [1.54, 1.807) is 0 Å². The number of nitrogens with zero attached hydrogens (tertiary/aromatic N) is 1. The third-order valence-corrected chi connectivity index (χ3v) is 6.67. The third-order valence-electron chi connectivity index (χ3n) is 2.80. The predicted molar refractivity (Wildman–Crippen MR) is 92.1 cm³/mol. The average Bonchev–Trinajstić information content (AvgIpc) is 2.26. The van der Waals surface area contributed by atoms with E-state index in [4.69, 9.17) is 16.3 Å². The molecular weight excluding hydrogens is 309 g/mol. The lowest BCUT2D eigenvalue weighted by atomic mass is 10.0. The fourth-order valence-electron chi connectivity index (χ4n) is 1.69. The van der Waals surface area contributed by atoms with Crippen LogP contribution in [0.3, 0.4) is 0 Å². The molecule has 0 saturated carbocycles. The average molecular weight is 333 g/mol. The molecule has 114 valence electrons. The summed E-state index contributed by atoms with van der Waals surface area (Å²) < 4.78 is 5.52. The maximum atomic E-state index is 10.3. The van der Waals surface area contributed by atoms with Crippen LogP contribution in [0.4, 0.5) is 0 Å². The lowest BCUT2D eigenvalue weighted by Gasteiger charge is -2.19. The largest absolute Gasteiger partial charge is 0.337 e. The van der Waals surface area contributed by atoms with Crippen LogP contribution in [0.25, 0.3) is 0 Å².